The highest BCUT2D eigenvalue weighted by molar-refractivity contribution is 6.34. The van der Waals surface area contributed by atoms with Gasteiger partial charge in [-0.25, -0.2) is 0 Å². The smallest absolute Gasteiger partial charge is 0.308 e. The number of esters is 2. The van der Waals surface area contributed by atoms with Crippen LogP contribution in [0, 0.1) is 0 Å². The Morgan fingerprint density at radius 1 is 0.607 bits per heavy atom. The van der Waals surface area contributed by atoms with E-state index in [0.29, 0.717) is 0 Å². The quantitative estimate of drug-likeness (QED) is 0.176. The summed E-state index contributed by atoms with van der Waals surface area (Å²) < 4.78 is 10.9. The maximum Gasteiger partial charge on any atom is 0.308 e. The monoisotopic (exact) mass is 368 g/mol. The van der Waals surface area contributed by atoms with Gasteiger partial charge in [-0.15, -0.1) is 0 Å². The highest BCUT2D eigenvalue weighted by Gasteiger charge is 2.20. The minimum Gasteiger partial charge on any atom is -0.423 e. The van der Waals surface area contributed by atoms with Crippen LogP contribution >= 0.6 is 0 Å². The summed E-state index contributed by atoms with van der Waals surface area (Å²) in [5.41, 5.74) is 0. The highest BCUT2D eigenvalue weighted by Crippen LogP contribution is 2.46. The van der Waals surface area contributed by atoms with E-state index in [1.165, 1.54) is 19.2 Å². The lowest BCUT2D eigenvalue weighted by Gasteiger charge is -2.18. The molecule has 0 amide bonds. The third-order valence-corrected chi connectivity index (χ3v) is 5.07. The van der Waals surface area contributed by atoms with E-state index < -0.39 is 11.9 Å². The van der Waals surface area contributed by atoms with Crippen molar-refractivity contribution in [3.05, 3.63) is 60.7 Å². The second kappa shape index (κ2) is 5.92. The molecule has 5 aromatic rings. The minimum atomic E-state index is -0.468. The summed E-state index contributed by atoms with van der Waals surface area (Å²) in [6.45, 7) is 2.67. The van der Waals surface area contributed by atoms with E-state index in [9.17, 15) is 9.59 Å². The van der Waals surface area contributed by atoms with Crippen molar-refractivity contribution in [1.82, 2.24) is 0 Å². The average molecular weight is 368 g/mol. The zero-order valence-corrected chi connectivity index (χ0v) is 15.4. The molecule has 0 aliphatic heterocycles. The first-order valence-electron chi connectivity index (χ1n) is 9.03. The van der Waals surface area contributed by atoms with Gasteiger partial charge in [-0.1, -0.05) is 48.5 Å². The van der Waals surface area contributed by atoms with E-state index in [0.717, 1.165) is 37.7 Å². The molecule has 0 heterocycles. The predicted octanol–water partition coefficient (Wildman–Crippen LogP) is 5.59. The summed E-state index contributed by atoms with van der Waals surface area (Å²) in [5.74, 6) is -0.417. The zero-order valence-electron chi connectivity index (χ0n) is 15.4. The molecule has 0 radical (unpaired) electrons. The van der Waals surface area contributed by atoms with Gasteiger partial charge in [0.25, 0.3) is 0 Å². The van der Waals surface area contributed by atoms with Gasteiger partial charge in [-0.2, -0.15) is 0 Å². The third-order valence-electron chi connectivity index (χ3n) is 5.07. The van der Waals surface area contributed by atoms with Crippen LogP contribution in [0.2, 0.25) is 0 Å². The molecule has 4 nitrogen and oxygen atoms in total. The van der Waals surface area contributed by atoms with Crippen molar-refractivity contribution in [3.63, 3.8) is 0 Å². The van der Waals surface area contributed by atoms with Crippen LogP contribution in [0.15, 0.2) is 60.7 Å². The summed E-state index contributed by atoms with van der Waals surface area (Å²) in [6.07, 6.45) is 0. The largest absolute Gasteiger partial charge is 0.423 e. The molecule has 0 atom stereocenters. The summed E-state index contributed by atoms with van der Waals surface area (Å²) in [4.78, 5) is 23.5. The van der Waals surface area contributed by atoms with Crippen LogP contribution in [0.4, 0.5) is 0 Å². The van der Waals surface area contributed by atoms with E-state index >= 15 is 0 Å². The molecule has 0 N–H and O–H groups in total. The van der Waals surface area contributed by atoms with Crippen molar-refractivity contribution in [1.29, 1.82) is 0 Å². The Hall–Kier alpha value is -3.66. The number of benzene rings is 5. The molecule has 0 aliphatic rings. The number of hydrogen-bond donors (Lipinski definition) is 0. The van der Waals surface area contributed by atoms with E-state index in [-0.39, 0.29) is 11.5 Å². The van der Waals surface area contributed by atoms with E-state index in [1.54, 1.807) is 6.07 Å². The van der Waals surface area contributed by atoms with Crippen LogP contribution in [-0.4, -0.2) is 11.9 Å². The minimum absolute atomic E-state index is 0.241. The Labute approximate surface area is 160 Å². The fourth-order valence-electron chi connectivity index (χ4n) is 4.12. The van der Waals surface area contributed by atoms with E-state index in [4.69, 9.17) is 9.47 Å². The molecule has 0 spiro atoms. The lowest BCUT2D eigenvalue weighted by molar-refractivity contribution is -0.134. The highest BCUT2D eigenvalue weighted by atomic mass is 16.6. The average Bonchev–Trinajstić information content (AvgIpc) is 2.67. The van der Waals surface area contributed by atoms with Crippen LogP contribution < -0.4 is 9.47 Å². The van der Waals surface area contributed by atoms with Crippen LogP contribution in [0.3, 0.4) is 0 Å². The zero-order chi connectivity index (χ0) is 19.4. The molecule has 4 heteroatoms. The first-order chi connectivity index (χ1) is 13.5. The van der Waals surface area contributed by atoms with Crippen LogP contribution in [0.25, 0.3) is 43.1 Å². The van der Waals surface area contributed by atoms with Gasteiger partial charge in [0, 0.05) is 19.2 Å². The number of carbonyl (C=O) groups is 2. The summed E-state index contributed by atoms with van der Waals surface area (Å²) in [7, 11) is 0. The van der Waals surface area contributed by atoms with Gasteiger partial charge in [0.2, 0.25) is 0 Å². The van der Waals surface area contributed by atoms with Crippen LogP contribution in [0.1, 0.15) is 13.8 Å². The summed E-state index contributed by atoms with van der Waals surface area (Å²) in [5, 5.41) is 8.29. The fraction of sp³-hybridized carbons (Fsp3) is 0.0833. The number of fused-ring (bicyclic) bond motifs is 3. The van der Waals surface area contributed by atoms with Gasteiger partial charge in [0.05, 0.1) is 0 Å². The van der Waals surface area contributed by atoms with Gasteiger partial charge in [0.1, 0.15) is 0 Å². The molecule has 0 aromatic heterocycles. The molecule has 5 rings (SSSR count). The van der Waals surface area contributed by atoms with Crippen molar-refractivity contribution >= 4 is 55.0 Å². The Kier molecular flexibility index (Phi) is 3.49. The molecule has 5 aromatic carbocycles. The Bertz CT molecular complexity index is 1410. The molecule has 0 aliphatic carbocycles. The van der Waals surface area contributed by atoms with Crippen molar-refractivity contribution in [2.75, 3.05) is 0 Å². The van der Waals surface area contributed by atoms with E-state index in [2.05, 4.69) is 30.3 Å². The molecule has 0 saturated carbocycles. The number of carbonyl (C=O) groups excluding carboxylic acids is 2. The second-order valence-electron chi connectivity index (χ2n) is 6.88. The third kappa shape index (κ3) is 2.31. The number of hydrogen-bond acceptors (Lipinski definition) is 4. The fourth-order valence-corrected chi connectivity index (χ4v) is 4.12. The summed E-state index contributed by atoms with van der Waals surface area (Å²) >= 11 is 0. The Balaban J connectivity index is 2.07. The lowest BCUT2D eigenvalue weighted by Crippen LogP contribution is -2.07. The lowest BCUT2D eigenvalue weighted by atomic mass is 9.89. The van der Waals surface area contributed by atoms with Gasteiger partial charge < -0.3 is 9.47 Å². The van der Waals surface area contributed by atoms with Crippen molar-refractivity contribution in [2.24, 2.45) is 0 Å². The SMILES string of the molecule is CC(=O)Oc1ccc2c3cccc4ccc5cccc(c2c1OC(C)=O)c5c43. The molecule has 28 heavy (non-hydrogen) atoms. The topological polar surface area (TPSA) is 52.6 Å². The maximum atomic E-state index is 11.9. The molecular weight excluding hydrogens is 352 g/mol. The first kappa shape index (κ1) is 16.5. The number of ether oxygens (including phenoxy) is 2. The molecule has 0 bridgehead atoms. The van der Waals surface area contributed by atoms with Crippen molar-refractivity contribution < 1.29 is 19.1 Å². The van der Waals surface area contributed by atoms with Crippen LogP contribution in [0.5, 0.6) is 11.5 Å². The number of rotatable bonds is 2. The molecular formula is C24H16O4. The normalized spacial score (nSPS) is 11.5. The predicted molar refractivity (Wildman–Crippen MR) is 110 cm³/mol. The molecule has 0 unspecified atom stereocenters. The van der Waals surface area contributed by atoms with E-state index in [1.807, 2.05) is 24.3 Å². The van der Waals surface area contributed by atoms with Gasteiger partial charge in [-0.05, 0) is 49.8 Å². The molecule has 0 saturated heterocycles. The molecule has 0 fully saturated rings. The Morgan fingerprint density at radius 2 is 1.18 bits per heavy atom. The van der Waals surface area contributed by atoms with Crippen molar-refractivity contribution in [2.45, 2.75) is 13.8 Å². The standard InChI is InChI=1S/C24H16O4/c1-13(25)27-20-12-11-18-17-7-3-5-15-9-10-16-6-4-8-19(22(16)21(15)17)23(18)24(20)28-14(2)26/h3-12H,1-2H3. The maximum absolute atomic E-state index is 11.9. The second-order valence-corrected chi connectivity index (χ2v) is 6.88. The summed E-state index contributed by atoms with van der Waals surface area (Å²) in [6, 6.07) is 20.1. The van der Waals surface area contributed by atoms with Gasteiger partial charge in [-0.3, -0.25) is 9.59 Å². The molecule has 136 valence electrons. The van der Waals surface area contributed by atoms with Gasteiger partial charge in [0.15, 0.2) is 11.5 Å². The first-order valence-corrected chi connectivity index (χ1v) is 9.03. The van der Waals surface area contributed by atoms with Crippen LogP contribution in [-0.2, 0) is 9.59 Å². The van der Waals surface area contributed by atoms with Crippen molar-refractivity contribution in [3.8, 4) is 11.5 Å². The Morgan fingerprint density at radius 3 is 1.82 bits per heavy atom. The van der Waals surface area contributed by atoms with Gasteiger partial charge >= 0.3 is 11.9 Å².